The summed E-state index contributed by atoms with van der Waals surface area (Å²) in [6.07, 6.45) is 1.10. The molecule has 8 nitrogen and oxygen atoms in total. The number of carbonyl (C=O) groups excluding carboxylic acids is 1. The van der Waals surface area contributed by atoms with Crippen molar-refractivity contribution in [1.29, 1.82) is 0 Å². The number of nitrogens with two attached hydrogens (primary N) is 2. The van der Waals surface area contributed by atoms with E-state index in [9.17, 15) is 13.2 Å². The lowest BCUT2D eigenvalue weighted by Gasteiger charge is -2.30. The zero-order valence-electron chi connectivity index (χ0n) is 12.2. The second-order valence-corrected chi connectivity index (χ2v) is 6.88. The standard InChI is InChI=1S/C13H18N4O4S/c1-22(19,20)11-8-9(12(18)16-13(14)15)2-3-10(11)17-4-6-21-7-5-17/h2-3,8H,4-7H2,1H3,(H4,14,15,16,18). The molecule has 0 saturated carbocycles. The SMILES string of the molecule is CS(=O)(=O)c1cc(C(=O)N=C(N)N)ccc1N1CCOCC1. The molecule has 22 heavy (non-hydrogen) atoms. The van der Waals surface area contributed by atoms with Crippen molar-refractivity contribution in [3.63, 3.8) is 0 Å². The number of anilines is 1. The molecule has 9 heteroatoms. The summed E-state index contributed by atoms with van der Waals surface area (Å²) in [5, 5.41) is 0. The Balaban J connectivity index is 2.48. The number of morpholine rings is 1. The highest BCUT2D eigenvalue weighted by Crippen LogP contribution is 2.27. The maximum Gasteiger partial charge on any atom is 0.280 e. The van der Waals surface area contributed by atoms with Crippen LogP contribution in [-0.2, 0) is 14.6 Å². The van der Waals surface area contributed by atoms with E-state index < -0.39 is 15.7 Å². The Morgan fingerprint density at radius 1 is 1.27 bits per heavy atom. The van der Waals surface area contributed by atoms with Crippen molar-refractivity contribution >= 4 is 27.4 Å². The Bertz CT molecular complexity index is 705. The summed E-state index contributed by atoms with van der Waals surface area (Å²) >= 11 is 0. The summed E-state index contributed by atoms with van der Waals surface area (Å²) in [5.41, 5.74) is 11.0. The Labute approximate surface area is 128 Å². The van der Waals surface area contributed by atoms with E-state index in [4.69, 9.17) is 16.2 Å². The van der Waals surface area contributed by atoms with Gasteiger partial charge in [0.1, 0.15) is 0 Å². The first-order valence-electron chi connectivity index (χ1n) is 6.60. The predicted molar refractivity (Wildman–Crippen MR) is 82.7 cm³/mol. The smallest absolute Gasteiger partial charge is 0.280 e. The number of rotatable bonds is 3. The van der Waals surface area contributed by atoms with Gasteiger partial charge in [-0.05, 0) is 18.2 Å². The molecule has 0 aliphatic carbocycles. The van der Waals surface area contributed by atoms with Crippen LogP contribution >= 0.6 is 0 Å². The first-order valence-corrected chi connectivity index (χ1v) is 8.49. The molecule has 1 heterocycles. The third kappa shape index (κ3) is 3.74. The average molecular weight is 326 g/mol. The molecule has 0 atom stereocenters. The van der Waals surface area contributed by atoms with Crippen LogP contribution in [0.5, 0.6) is 0 Å². The molecule has 1 aliphatic rings. The van der Waals surface area contributed by atoms with Gasteiger partial charge in [0, 0.05) is 24.9 Å². The normalized spacial score (nSPS) is 15.4. The first-order chi connectivity index (χ1) is 10.3. The van der Waals surface area contributed by atoms with E-state index in [1.165, 1.54) is 12.1 Å². The summed E-state index contributed by atoms with van der Waals surface area (Å²) in [6, 6.07) is 4.40. The summed E-state index contributed by atoms with van der Waals surface area (Å²) in [5.74, 6) is -1.05. The number of nitrogens with zero attached hydrogens (tertiary/aromatic N) is 2. The zero-order chi connectivity index (χ0) is 16.3. The van der Waals surface area contributed by atoms with Gasteiger partial charge in [-0.15, -0.1) is 0 Å². The minimum Gasteiger partial charge on any atom is -0.378 e. The van der Waals surface area contributed by atoms with E-state index in [2.05, 4.69) is 4.99 Å². The zero-order valence-corrected chi connectivity index (χ0v) is 13.0. The Morgan fingerprint density at radius 3 is 2.45 bits per heavy atom. The summed E-state index contributed by atoms with van der Waals surface area (Å²) in [4.78, 5) is 17.3. The predicted octanol–water partition coefficient (Wildman–Crippen LogP) is -0.660. The Morgan fingerprint density at radius 2 is 1.91 bits per heavy atom. The maximum atomic E-state index is 12.0. The van der Waals surface area contributed by atoms with Gasteiger partial charge in [0.05, 0.1) is 23.8 Å². The van der Waals surface area contributed by atoms with Crippen molar-refractivity contribution in [2.24, 2.45) is 16.5 Å². The largest absolute Gasteiger partial charge is 0.378 e. The van der Waals surface area contributed by atoms with Crippen LogP contribution < -0.4 is 16.4 Å². The van der Waals surface area contributed by atoms with E-state index in [-0.39, 0.29) is 16.4 Å². The van der Waals surface area contributed by atoms with Gasteiger partial charge < -0.3 is 21.1 Å². The molecular weight excluding hydrogens is 308 g/mol. The average Bonchev–Trinajstić information content (AvgIpc) is 2.46. The molecule has 0 aromatic heterocycles. The number of guanidine groups is 1. The van der Waals surface area contributed by atoms with Crippen molar-refractivity contribution < 1.29 is 17.9 Å². The highest BCUT2D eigenvalue weighted by Gasteiger charge is 2.22. The van der Waals surface area contributed by atoms with Gasteiger partial charge >= 0.3 is 0 Å². The molecule has 0 radical (unpaired) electrons. The molecule has 0 spiro atoms. The second kappa shape index (κ2) is 6.32. The molecule has 0 bridgehead atoms. The van der Waals surface area contributed by atoms with E-state index in [0.29, 0.717) is 32.0 Å². The van der Waals surface area contributed by atoms with E-state index in [0.717, 1.165) is 6.26 Å². The van der Waals surface area contributed by atoms with Crippen molar-refractivity contribution in [3.05, 3.63) is 23.8 Å². The maximum absolute atomic E-state index is 12.0. The molecular formula is C13H18N4O4S. The highest BCUT2D eigenvalue weighted by atomic mass is 32.2. The summed E-state index contributed by atoms with van der Waals surface area (Å²) < 4.78 is 29.3. The van der Waals surface area contributed by atoms with Crippen molar-refractivity contribution in [2.45, 2.75) is 4.90 Å². The fraction of sp³-hybridized carbons (Fsp3) is 0.385. The van der Waals surface area contributed by atoms with Crippen LogP contribution in [-0.4, -0.2) is 52.8 Å². The fourth-order valence-electron chi connectivity index (χ4n) is 2.19. The van der Waals surface area contributed by atoms with E-state index in [1.54, 1.807) is 6.07 Å². The molecule has 2 rings (SSSR count). The quantitative estimate of drug-likeness (QED) is 0.557. The van der Waals surface area contributed by atoms with Crippen molar-refractivity contribution in [1.82, 2.24) is 0 Å². The Hall–Kier alpha value is -2.13. The lowest BCUT2D eigenvalue weighted by molar-refractivity contribution is 0.100. The first kappa shape index (κ1) is 16.2. The number of amides is 1. The lowest BCUT2D eigenvalue weighted by atomic mass is 10.1. The molecule has 1 aliphatic heterocycles. The number of hydrogen-bond donors (Lipinski definition) is 2. The van der Waals surface area contributed by atoms with E-state index in [1.807, 2.05) is 4.90 Å². The highest BCUT2D eigenvalue weighted by molar-refractivity contribution is 7.90. The van der Waals surface area contributed by atoms with Gasteiger partial charge in [-0.3, -0.25) is 4.79 Å². The van der Waals surface area contributed by atoms with Crippen LogP contribution in [0, 0.1) is 0 Å². The molecule has 4 N–H and O–H groups in total. The Kier molecular flexibility index (Phi) is 4.67. The molecule has 1 aromatic carbocycles. The van der Waals surface area contributed by atoms with Gasteiger partial charge in [0.15, 0.2) is 15.8 Å². The topological polar surface area (TPSA) is 128 Å². The van der Waals surface area contributed by atoms with Crippen molar-refractivity contribution in [2.75, 3.05) is 37.5 Å². The minimum absolute atomic E-state index is 0.0750. The lowest BCUT2D eigenvalue weighted by Crippen LogP contribution is -2.37. The summed E-state index contributed by atoms with van der Waals surface area (Å²) in [6.45, 7) is 2.23. The molecule has 1 fully saturated rings. The van der Waals surface area contributed by atoms with Crippen LogP contribution in [0.25, 0.3) is 0 Å². The molecule has 1 aromatic rings. The van der Waals surface area contributed by atoms with Gasteiger partial charge in [-0.2, -0.15) is 4.99 Å². The monoisotopic (exact) mass is 326 g/mol. The van der Waals surface area contributed by atoms with Gasteiger partial charge in [0.2, 0.25) is 0 Å². The van der Waals surface area contributed by atoms with Crippen LogP contribution in [0.3, 0.4) is 0 Å². The van der Waals surface area contributed by atoms with Gasteiger partial charge in [-0.25, -0.2) is 8.42 Å². The fourth-order valence-corrected chi connectivity index (χ4v) is 3.11. The molecule has 0 unspecified atom stereocenters. The molecule has 120 valence electrons. The van der Waals surface area contributed by atoms with Gasteiger partial charge in [0.25, 0.3) is 5.91 Å². The number of aliphatic imine (C=N–C) groups is 1. The molecule has 1 saturated heterocycles. The van der Waals surface area contributed by atoms with Crippen LogP contribution in [0.1, 0.15) is 10.4 Å². The number of carbonyl (C=O) groups is 1. The summed E-state index contributed by atoms with van der Waals surface area (Å²) in [7, 11) is -3.51. The molecule has 1 amide bonds. The van der Waals surface area contributed by atoms with Crippen LogP contribution in [0.15, 0.2) is 28.1 Å². The number of hydrogen-bond acceptors (Lipinski definition) is 5. The third-order valence-corrected chi connectivity index (χ3v) is 4.31. The minimum atomic E-state index is -3.51. The number of benzene rings is 1. The van der Waals surface area contributed by atoms with Gasteiger partial charge in [-0.1, -0.05) is 0 Å². The van der Waals surface area contributed by atoms with E-state index >= 15 is 0 Å². The third-order valence-electron chi connectivity index (χ3n) is 3.19. The van der Waals surface area contributed by atoms with Crippen LogP contribution in [0.2, 0.25) is 0 Å². The van der Waals surface area contributed by atoms with Crippen LogP contribution in [0.4, 0.5) is 5.69 Å². The van der Waals surface area contributed by atoms with Crippen molar-refractivity contribution in [3.8, 4) is 0 Å². The second-order valence-electron chi connectivity index (χ2n) is 4.90. The number of ether oxygens (including phenoxy) is 1. The number of sulfone groups is 1.